The highest BCUT2D eigenvalue weighted by atomic mass is 19.1. The van der Waals surface area contributed by atoms with Crippen LogP contribution in [0.25, 0.3) is 11.3 Å². The number of nitrogens with zero attached hydrogens (tertiary/aromatic N) is 3. The van der Waals surface area contributed by atoms with E-state index in [-0.39, 0.29) is 23.6 Å². The van der Waals surface area contributed by atoms with Crippen molar-refractivity contribution in [1.29, 1.82) is 0 Å². The van der Waals surface area contributed by atoms with Crippen molar-refractivity contribution in [2.24, 2.45) is 0 Å². The van der Waals surface area contributed by atoms with E-state index >= 15 is 0 Å². The number of halogens is 1. The summed E-state index contributed by atoms with van der Waals surface area (Å²) >= 11 is 0. The van der Waals surface area contributed by atoms with Gasteiger partial charge in [-0.05, 0) is 36.8 Å². The van der Waals surface area contributed by atoms with Crippen LogP contribution in [0, 0.1) is 12.7 Å². The number of likely N-dealkylation sites (N-methyl/N-ethyl adjacent to an activating group) is 1. The maximum absolute atomic E-state index is 13.8. The molecule has 8 heteroatoms. The number of amides is 2. The van der Waals surface area contributed by atoms with Crippen LogP contribution >= 0.6 is 0 Å². The van der Waals surface area contributed by atoms with Crippen LogP contribution in [0.4, 0.5) is 10.2 Å². The van der Waals surface area contributed by atoms with Crippen molar-refractivity contribution in [3.63, 3.8) is 0 Å². The first kappa shape index (κ1) is 18.2. The van der Waals surface area contributed by atoms with Gasteiger partial charge >= 0.3 is 0 Å². The zero-order valence-electron chi connectivity index (χ0n) is 14.8. The van der Waals surface area contributed by atoms with Crippen LogP contribution in [-0.2, 0) is 4.79 Å². The van der Waals surface area contributed by atoms with E-state index in [0.717, 1.165) is 5.56 Å². The first-order chi connectivity index (χ1) is 12.9. The predicted molar refractivity (Wildman–Crippen MR) is 96.5 cm³/mol. The molecule has 0 aliphatic rings. The molecule has 2 aromatic heterocycles. The third kappa shape index (κ3) is 4.35. The van der Waals surface area contributed by atoms with E-state index in [1.165, 1.54) is 30.1 Å². The lowest BCUT2D eigenvalue weighted by Gasteiger charge is -2.15. The van der Waals surface area contributed by atoms with Crippen molar-refractivity contribution in [3.05, 3.63) is 65.7 Å². The molecule has 0 saturated carbocycles. The average molecular weight is 368 g/mol. The fourth-order valence-electron chi connectivity index (χ4n) is 2.43. The molecule has 3 aromatic rings. The Labute approximate surface area is 154 Å². The summed E-state index contributed by atoms with van der Waals surface area (Å²) in [5.41, 5.74) is 1.14. The number of carbonyl (C=O) groups is 2. The second-order valence-electron chi connectivity index (χ2n) is 5.98. The Morgan fingerprint density at radius 3 is 2.74 bits per heavy atom. The first-order valence-electron chi connectivity index (χ1n) is 8.13. The Balaban J connectivity index is 1.65. The molecule has 2 amide bonds. The second-order valence-corrected chi connectivity index (χ2v) is 5.98. The van der Waals surface area contributed by atoms with Gasteiger partial charge in [0.25, 0.3) is 5.91 Å². The molecule has 7 nitrogen and oxygen atoms in total. The number of hydrogen-bond donors (Lipinski definition) is 1. The molecule has 3 rings (SSSR count). The SMILES string of the molecule is Cc1ccnc(NC(=O)CN(C)C(=O)c2cc(-c3ccccc3F)on2)c1. The largest absolute Gasteiger partial charge is 0.355 e. The molecule has 0 fully saturated rings. The van der Waals surface area contributed by atoms with Crippen molar-refractivity contribution >= 4 is 17.6 Å². The number of benzene rings is 1. The third-order valence-electron chi connectivity index (χ3n) is 3.78. The molecule has 0 saturated heterocycles. The minimum Gasteiger partial charge on any atom is -0.355 e. The second kappa shape index (κ2) is 7.77. The number of hydrogen-bond acceptors (Lipinski definition) is 5. The summed E-state index contributed by atoms with van der Waals surface area (Å²) in [6.45, 7) is 1.68. The van der Waals surface area contributed by atoms with Gasteiger partial charge in [-0.25, -0.2) is 9.37 Å². The van der Waals surface area contributed by atoms with Gasteiger partial charge < -0.3 is 14.7 Å². The number of carbonyl (C=O) groups excluding carboxylic acids is 2. The molecule has 0 atom stereocenters. The molecule has 0 spiro atoms. The lowest BCUT2D eigenvalue weighted by Crippen LogP contribution is -2.35. The van der Waals surface area contributed by atoms with Gasteiger partial charge in [0.05, 0.1) is 12.1 Å². The van der Waals surface area contributed by atoms with E-state index in [1.807, 2.05) is 13.0 Å². The van der Waals surface area contributed by atoms with Gasteiger partial charge in [-0.2, -0.15) is 0 Å². The van der Waals surface area contributed by atoms with Gasteiger partial charge in [0.2, 0.25) is 5.91 Å². The zero-order valence-corrected chi connectivity index (χ0v) is 14.8. The van der Waals surface area contributed by atoms with Crippen molar-refractivity contribution in [1.82, 2.24) is 15.0 Å². The normalized spacial score (nSPS) is 10.5. The lowest BCUT2D eigenvalue weighted by atomic mass is 10.1. The van der Waals surface area contributed by atoms with Crippen molar-refractivity contribution in [2.75, 3.05) is 18.9 Å². The van der Waals surface area contributed by atoms with Crippen LogP contribution in [0.5, 0.6) is 0 Å². The summed E-state index contributed by atoms with van der Waals surface area (Å²) in [5, 5.41) is 6.30. The van der Waals surface area contributed by atoms with Crippen molar-refractivity contribution in [2.45, 2.75) is 6.92 Å². The smallest absolute Gasteiger partial charge is 0.276 e. The van der Waals surface area contributed by atoms with E-state index in [9.17, 15) is 14.0 Å². The number of anilines is 1. The van der Waals surface area contributed by atoms with E-state index in [0.29, 0.717) is 5.82 Å². The standard InChI is InChI=1S/C19H17FN4O3/c1-12-7-8-21-17(9-12)22-18(25)11-24(2)19(26)15-10-16(27-23-15)13-5-3-4-6-14(13)20/h3-10H,11H2,1-2H3,(H,21,22,25). The molecule has 1 aromatic carbocycles. The number of pyridine rings is 1. The third-order valence-corrected chi connectivity index (χ3v) is 3.78. The number of aryl methyl sites for hydroxylation is 1. The van der Waals surface area contributed by atoms with E-state index in [4.69, 9.17) is 4.52 Å². The molecule has 2 heterocycles. The predicted octanol–water partition coefficient (Wildman–Crippen LogP) is 2.89. The minimum absolute atomic E-state index is 0.0165. The molecule has 0 radical (unpaired) electrons. The van der Waals surface area contributed by atoms with Crippen LogP contribution in [0.3, 0.4) is 0 Å². The molecule has 0 unspecified atom stereocenters. The summed E-state index contributed by atoms with van der Waals surface area (Å²) < 4.78 is 18.9. The highest BCUT2D eigenvalue weighted by molar-refractivity contribution is 5.98. The minimum atomic E-state index is -0.520. The molecule has 0 aliphatic heterocycles. The summed E-state index contributed by atoms with van der Waals surface area (Å²) in [6.07, 6.45) is 1.58. The molecule has 138 valence electrons. The number of aromatic nitrogens is 2. The molecular formula is C19H17FN4O3. The van der Waals surface area contributed by atoms with Crippen LogP contribution < -0.4 is 5.32 Å². The van der Waals surface area contributed by atoms with Gasteiger partial charge in [-0.3, -0.25) is 9.59 Å². The Morgan fingerprint density at radius 1 is 1.22 bits per heavy atom. The molecule has 0 bridgehead atoms. The van der Waals surface area contributed by atoms with Crippen molar-refractivity contribution < 1.29 is 18.5 Å². The van der Waals surface area contributed by atoms with E-state index < -0.39 is 17.6 Å². The summed E-state index contributed by atoms with van der Waals surface area (Å²) in [5.74, 6) is -0.858. The molecule has 0 aliphatic carbocycles. The quantitative estimate of drug-likeness (QED) is 0.748. The maximum Gasteiger partial charge on any atom is 0.276 e. The van der Waals surface area contributed by atoms with E-state index in [2.05, 4.69) is 15.5 Å². The van der Waals surface area contributed by atoms with Gasteiger partial charge in [0, 0.05) is 19.3 Å². The van der Waals surface area contributed by atoms with Crippen molar-refractivity contribution in [3.8, 4) is 11.3 Å². The topological polar surface area (TPSA) is 88.3 Å². The fraction of sp³-hybridized carbons (Fsp3) is 0.158. The summed E-state index contributed by atoms with van der Waals surface area (Å²) in [7, 11) is 1.46. The number of nitrogens with one attached hydrogen (secondary N) is 1. The molecule has 27 heavy (non-hydrogen) atoms. The van der Waals surface area contributed by atoms with E-state index in [1.54, 1.807) is 24.4 Å². The summed E-state index contributed by atoms with van der Waals surface area (Å²) in [6, 6.07) is 10.9. The van der Waals surface area contributed by atoms with Gasteiger partial charge in [0.1, 0.15) is 11.6 Å². The lowest BCUT2D eigenvalue weighted by molar-refractivity contribution is -0.116. The van der Waals surface area contributed by atoms with Gasteiger partial charge in [-0.1, -0.05) is 17.3 Å². The highest BCUT2D eigenvalue weighted by Crippen LogP contribution is 2.23. The first-order valence-corrected chi connectivity index (χ1v) is 8.13. The monoisotopic (exact) mass is 368 g/mol. The van der Waals surface area contributed by atoms with Gasteiger partial charge in [-0.15, -0.1) is 0 Å². The zero-order chi connectivity index (χ0) is 19.4. The Hall–Kier alpha value is -3.55. The van der Waals surface area contributed by atoms with Crippen LogP contribution in [0.15, 0.2) is 53.2 Å². The van der Waals surface area contributed by atoms with Gasteiger partial charge in [0.15, 0.2) is 11.5 Å². The Kier molecular flexibility index (Phi) is 5.25. The van der Waals surface area contributed by atoms with Crippen LogP contribution in [0.2, 0.25) is 0 Å². The Morgan fingerprint density at radius 2 is 2.00 bits per heavy atom. The highest BCUT2D eigenvalue weighted by Gasteiger charge is 2.20. The maximum atomic E-state index is 13.8. The molecular weight excluding hydrogens is 351 g/mol. The fourth-order valence-corrected chi connectivity index (χ4v) is 2.43. The summed E-state index contributed by atoms with van der Waals surface area (Å²) in [4.78, 5) is 29.8. The molecule has 1 N–H and O–H groups in total. The van der Waals surface area contributed by atoms with Crippen LogP contribution in [-0.4, -0.2) is 40.4 Å². The number of rotatable bonds is 5. The van der Waals surface area contributed by atoms with Crippen LogP contribution in [0.1, 0.15) is 16.1 Å². The Bertz CT molecular complexity index is 986. The average Bonchev–Trinajstić information content (AvgIpc) is 3.11.